The van der Waals surface area contributed by atoms with E-state index in [4.69, 9.17) is 5.73 Å². The maximum absolute atomic E-state index is 5.47. The quantitative estimate of drug-likeness (QED) is 0.770. The van der Waals surface area contributed by atoms with Gasteiger partial charge < -0.3 is 5.73 Å². The van der Waals surface area contributed by atoms with E-state index in [0.29, 0.717) is 0 Å². The maximum Gasteiger partial charge on any atom is 0.150 e. The van der Waals surface area contributed by atoms with Crippen LogP contribution >= 0.6 is 15.9 Å². The van der Waals surface area contributed by atoms with Gasteiger partial charge in [-0.2, -0.15) is 5.10 Å². The third-order valence-corrected chi connectivity index (χ3v) is 3.44. The molecule has 4 nitrogen and oxygen atoms in total. The van der Waals surface area contributed by atoms with Crippen molar-refractivity contribution in [3.8, 4) is 0 Å². The molecular formula is C14H19BrN4. The molecule has 0 aliphatic heterocycles. The Morgan fingerprint density at radius 2 is 2.11 bits per heavy atom. The minimum Gasteiger partial charge on any atom is -0.330 e. The Balaban J connectivity index is 1.87. The third kappa shape index (κ3) is 4.76. The van der Waals surface area contributed by atoms with Gasteiger partial charge in [0.2, 0.25) is 0 Å². The van der Waals surface area contributed by atoms with E-state index < -0.39 is 0 Å². The first-order valence-corrected chi connectivity index (χ1v) is 7.42. The molecule has 1 aromatic carbocycles. The van der Waals surface area contributed by atoms with Crippen LogP contribution in [0.1, 0.15) is 36.5 Å². The lowest BCUT2D eigenvalue weighted by Gasteiger charge is -1.98. The summed E-state index contributed by atoms with van der Waals surface area (Å²) in [5, 5.41) is 7.27. The van der Waals surface area contributed by atoms with Crippen LogP contribution in [0.2, 0.25) is 0 Å². The van der Waals surface area contributed by atoms with Crippen LogP contribution in [-0.2, 0) is 12.8 Å². The first kappa shape index (κ1) is 14.2. The van der Waals surface area contributed by atoms with E-state index in [1.807, 2.05) is 12.1 Å². The van der Waals surface area contributed by atoms with Crippen LogP contribution in [0.15, 0.2) is 28.7 Å². The Hall–Kier alpha value is -1.20. The van der Waals surface area contributed by atoms with Crippen molar-refractivity contribution in [2.75, 3.05) is 6.54 Å². The van der Waals surface area contributed by atoms with Crippen molar-refractivity contribution < 1.29 is 0 Å². The molecule has 0 unspecified atom stereocenters. The highest BCUT2D eigenvalue weighted by Gasteiger charge is 2.04. The summed E-state index contributed by atoms with van der Waals surface area (Å²) in [4.78, 5) is 4.52. The van der Waals surface area contributed by atoms with Crippen LogP contribution in [0.4, 0.5) is 0 Å². The number of aromatic nitrogens is 3. The topological polar surface area (TPSA) is 67.6 Å². The van der Waals surface area contributed by atoms with Crippen molar-refractivity contribution in [2.24, 2.45) is 5.73 Å². The molecule has 102 valence electrons. The molecule has 5 heteroatoms. The number of H-pyrrole nitrogens is 1. The minimum absolute atomic E-state index is 0.766. The number of halogens is 1. The molecule has 0 aliphatic carbocycles. The molecule has 2 aromatic rings. The van der Waals surface area contributed by atoms with Gasteiger partial charge in [-0.15, -0.1) is 0 Å². The van der Waals surface area contributed by atoms with Crippen molar-refractivity contribution in [1.29, 1.82) is 0 Å². The fraction of sp³-hybridized carbons (Fsp3) is 0.429. The highest BCUT2D eigenvalue weighted by molar-refractivity contribution is 9.10. The Labute approximate surface area is 122 Å². The fourth-order valence-electron chi connectivity index (χ4n) is 1.97. The maximum atomic E-state index is 5.47. The molecule has 19 heavy (non-hydrogen) atoms. The van der Waals surface area contributed by atoms with Crippen LogP contribution in [0.3, 0.4) is 0 Å². The van der Waals surface area contributed by atoms with Crippen molar-refractivity contribution in [2.45, 2.75) is 32.1 Å². The lowest BCUT2D eigenvalue weighted by atomic mass is 10.1. The standard InChI is InChI=1S/C14H19BrN4/c15-12-6-4-5-11(9-12)10-14-17-13(18-19-14)7-2-1-3-8-16/h4-6,9H,1-3,7-8,10,16H2,(H,17,18,19). The number of rotatable bonds is 7. The predicted octanol–water partition coefficient (Wildman–Crippen LogP) is 2.83. The molecule has 0 aliphatic rings. The number of aryl methyl sites for hydroxylation is 1. The number of hydrogen-bond donors (Lipinski definition) is 2. The summed E-state index contributed by atoms with van der Waals surface area (Å²) in [6, 6.07) is 8.24. The summed E-state index contributed by atoms with van der Waals surface area (Å²) in [7, 11) is 0. The van der Waals surface area contributed by atoms with Crippen molar-refractivity contribution in [3.05, 3.63) is 46.0 Å². The Morgan fingerprint density at radius 1 is 1.21 bits per heavy atom. The summed E-state index contributed by atoms with van der Waals surface area (Å²) < 4.78 is 1.09. The first-order valence-electron chi connectivity index (χ1n) is 6.62. The zero-order valence-corrected chi connectivity index (χ0v) is 12.5. The van der Waals surface area contributed by atoms with Crippen LogP contribution in [0.5, 0.6) is 0 Å². The minimum atomic E-state index is 0.766. The normalized spacial score (nSPS) is 10.8. The number of aromatic amines is 1. The highest BCUT2D eigenvalue weighted by atomic mass is 79.9. The lowest BCUT2D eigenvalue weighted by molar-refractivity contribution is 0.670. The number of benzene rings is 1. The number of nitrogens with two attached hydrogens (primary N) is 1. The summed E-state index contributed by atoms with van der Waals surface area (Å²) in [6.07, 6.45) is 5.04. The molecule has 0 saturated heterocycles. The molecule has 0 spiro atoms. The van der Waals surface area contributed by atoms with Crippen LogP contribution in [0.25, 0.3) is 0 Å². The van der Waals surface area contributed by atoms with Gasteiger partial charge in [-0.3, -0.25) is 5.10 Å². The zero-order valence-electron chi connectivity index (χ0n) is 10.9. The molecule has 1 aromatic heterocycles. The van der Waals surface area contributed by atoms with Crippen molar-refractivity contribution in [1.82, 2.24) is 15.2 Å². The molecule has 2 rings (SSSR count). The van der Waals surface area contributed by atoms with Gasteiger partial charge in [0.15, 0.2) is 5.82 Å². The van der Waals surface area contributed by atoms with E-state index in [-0.39, 0.29) is 0 Å². The van der Waals surface area contributed by atoms with Gasteiger partial charge in [0.05, 0.1) is 0 Å². The average Bonchev–Trinajstić information content (AvgIpc) is 2.82. The van der Waals surface area contributed by atoms with Gasteiger partial charge in [0, 0.05) is 17.3 Å². The third-order valence-electron chi connectivity index (χ3n) is 2.94. The molecule has 0 fully saturated rings. The van der Waals surface area contributed by atoms with Crippen molar-refractivity contribution in [3.63, 3.8) is 0 Å². The second-order valence-electron chi connectivity index (χ2n) is 4.60. The zero-order chi connectivity index (χ0) is 13.5. The van der Waals surface area contributed by atoms with E-state index >= 15 is 0 Å². The summed E-state index contributed by atoms with van der Waals surface area (Å²) in [6.45, 7) is 0.766. The summed E-state index contributed by atoms with van der Waals surface area (Å²) in [5.74, 6) is 1.83. The monoisotopic (exact) mass is 322 g/mol. The Kier molecular flexibility index (Phi) is 5.54. The SMILES string of the molecule is NCCCCCc1n[nH]c(Cc2cccc(Br)c2)n1. The van der Waals surface area contributed by atoms with Gasteiger partial charge >= 0.3 is 0 Å². The molecule has 0 radical (unpaired) electrons. The van der Waals surface area contributed by atoms with E-state index in [0.717, 1.165) is 54.8 Å². The number of unbranched alkanes of at least 4 members (excludes halogenated alkanes) is 2. The molecule has 0 atom stereocenters. The average molecular weight is 323 g/mol. The van der Waals surface area contributed by atoms with E-state index in [9.17, 15) is 0 Å². The molecule has 0 saturated carbocycles. The Morgan fingerprint density at radius 3 is 2.89 bits per heavy atom. The molecule has 0 amide bonds. The van der Waals surface area contributed by atoms with Gasteiger partial charge in [0.25, 0.3) is 0 Å². The van der Waals surface area contributed by atoms with Crippen LogP contribution in [-0.4, -0.2) is 21.7 Å². The lowest BCUT2D eigenvalue weighted by Crippen LogP contribution is -1.98. The van der Waals surface area contributed by atoms with Crippen LogP contribution in [0, 0.1) is 0 Å². The van der Waals surface area contributed by atoms with E-state index in [2.05, 4.69) is 43.2 Å². The Bertz CT molecular complexity index is 510. The molecule has 3 N–H and O–H groups in total. The highest BCUT2D eigenvalue weighted by Crippen LogP contribution is 2.14. The second-order valence-corrected chi connectivity index (χ2v) is 5.52. The molecule has 1 heterocycles. The number of hydrogen-bond acceptors (Lipinski definition) is 3. The largest absolute Gasteiger partial charge is 0.330 e. The smallest absolute Gasteiger partial charge is 0.150 e. The van der Waals surface area contributed by atoms with Gasteiger partial charge in [-0.05, 0) is 37.1 Å². The van der Waals surface area contributed by atoms with Gasteiger partial charge in [0.1, 0.15) is 5.82 Å². The van der Waals surface area contributed by atoms with Crippen LogP contribution < -0.4 is 5.73 Å². The first-order chi connectivity index (χ1) is 9.28. The van der Waals surface area contributed by atoms with Crippen molar-refractivity contribution >= 4 is 15.9 Å². The van der Waals surface area contributed by atoms with Gasteiger partial charge in [-0.1, -0.05) is 34.5 Å². The number of nitrogens with zero attached hydrogens (tertiary/aromatic N) is 2. The predicted molar refractivity (Wildman–Crippen MR) is 79.9 cm³/mol. The summed E-state index contributed by atoms with van der Waals surface area (Å²) >= 11 is 3.47. The number of nitrogens with one attached hydrogen (secondary N) is 1. The molecule has 0 bridgehead atoms. The second kappa shape index (κ2) is 7.40. The fourth-order valence-corrected chi connectivity index (χ4v) is 2.42. The van der Waals surface area contributed by atoms with E-state index in [1.165, 1.54) is 5.56 Å². The molecular weight excluding hydrogens is 304 g/mol. The summed E-state index contributed by atoms with van der Waals surface area (Å²) in [5.41, 5.74) is 6.69. The van der Waals surface area contributed by atoms with Gasteiger partial charge in [-0.25, -0.2) is 4.98 Å². The van der Waals surface area contributed by atoms with E-state index in [1.54, 1.807) is 0 Å².